The van der Waals surface area contributed by atoms with E-state index in [0.29, 0.717) is 35.2 Å². The molecule has 7 nitrogen and oxygen atoms in total. The van der Waals surface area contributed by atoms with Gasteiger partial charge in [0.05, 0.1) is 19.8 Å². The summed E-state index contributed by atoms with van der Waals surface area (Å²) < 4.78 is 23.1. The van der Waals surface area contributed by atoms with Crippen molar-refractivity contribution in [1.29, 1.82) is 0 Å². The van der Waals surface area contributed by atoms with Crippen molar-refractivity contribution in [3.8, 4) is 23.1 Å². The van der Waals surface area contributed by atoms with Crippen molar-refractivity contribution in [3.05, 3.63) is 78.0 Å². The molecule has 4 rings (SSSR count). The van der Waals surface area contributed by atoms with E-state index in [4.69, 9.17) is 18.9 Å². The topological polar surface area (TPSA) is 70.1 Å². The molecule has 1 unspecified atom stereocenters. The van der Waals surface area contributed by atoms with Gasteiger partial charge >= 0.3 is 0 Å². The molecular weight excluding hydrogens is 408 g/mol. The van der Waals surface area contributed by atoms with Crippen molar-refractivity contribution in [1.82, 2.24) is 9.88 Å². The normalized spacial score (nSPS) is 17.3. The van der Waals surface area contributed by atoms with Crippen molar-refractivity contribution < 1.29 is 23.7 Å². The van der Waals surface area contributed by atoms with Crippen molar-refractivity contribution in [2.24, 2.45) is 0 Å². The number of pyridine rings is 1. The quantitative estimate of drug-likeness (QED) is 0.536. The fraction of sp³-hybridized carbons (Fsp3) is 0.280. The van der Waals surface area contributed by atoms with Crippen LogP contribution in [-0.4, -0.2) is 35.6 Å². The van der Waals surface area contributed by atoms with Gasteiger partial charge in [-0.2, -0.15) is 0 Å². The first-order valence-corrected chi connectivity index (χ1v) is 10.3. The van der Waals surface area contributed by atoms with Crippen LogP contribution in [0.15, 0.2) is 66.9 Å². The van der Waals surface area contributed by atoms with Crippen LogP contribution in [0.4, 0.5) is 0 Å². The van der Waals surface area contributed by atoms with Gasteiger partial charge in [0, 0.05) is 18.8 Å². The third-order valence-corrected chi connectivity index (χ3v) is 5.31. The molecule has 1 fully saturated rings. The van der Waals surface area contributed by atoms with Gasteiger partial charge in [-0.15, -0.1) is 0 Å². The zero-order valence-electron chi connectivity index (χ0n) is 18.6. The predicted molar refractivity (Wildman–Crippen MR) is 119 cm³/mol. The first-order chi connectivity index (χ1) is 15.4. The molecule has 0 bridgehead atoms. The Morgan fingerprint density at radius 3 is 2.25 bits per heavy atom. The van der Waals surface area contributed by atoms with Crippen molar-refractivity contribution in [2.75, 3.05) is 14.2 Å². The van der Waals surface area contributed by atoms with E-state index in [1.54, 1.807) is 45.2 Å². The maximum Gasteiger partial charge on any atom is 0.256 e. The number of hydrogen-bond donors (Lipinski definition) is 0. The summed E-state index contributed by atoms with van der Waals surface area (Å²) in [6.45, 7) is 3.90. The number of carbonyl (C=O) groups is 1. The lowest BCUT2D eigenvalue weighted by Gasteiger charge is -2.26. The van der Waals surface area contributed by atoms with E-state index < -0.39 is 11.8 Å². The summed E-state index contributed by atoms with van der Waals surface area (Å²) in [5.74, 6) is 2.28. The second kappa shape index (κ2) is 8.88. The molecule has 1 atom stereocenters. The van der Waals surface area contributed by atoms with Gasteiger partial charge in [0.1, 0.15) is 22.8 Å². The largest absolute Gasteiger partial charge is 0.496 e. The molecule has 2 heterocycles. The highest BCUT2D eigenvalue weighted by molar-refractivity contribution is 5.86. The molecular formula is C25H26N2O5. The molecule has 3 aromatic rings. The molecule has 0 aliphatic carbocycles. The highest BCUT2D eigenvalue weighted by Gasteiger charge is 2.48. The maximum atomic E-state index is 13.2. The monoisotopic (exact) mass is 434 g/mol. The lowest BCUT2D eigenvalue weighted by Crippen LogP contribution is -2.35. The molecule has 1 saturated heterocycles. The zero-order chi connectivity index (χ0) is 22.7. The Morgan fingerprint density at radius 2 is 1.66 bits per heavy atom. The third kappa shape index (κ3) is 4.24. The van der Waals surface area contributed by atoms with Gasteiger partial charge in [-0.1, -0.05) is 24.3 Å². The first-order valence-electron chi connectivity index (χ1n) is 10.3. The van der Waals surface area contributed by atoms with E-state index in [2.05, 4.69) is 4.98 Å². The van der Waals surface area contributed by atoms with Crippen LogP contribution >= 0.6 is 0 Å². The van der Waals surface area contributed by atoms with E-state index >= 15 is 0 Å². The minimum atomic E-state index is -0.974. The zero-order valence-corrected chi connectivity index (χ0v) is 18.6. The summed E-state index contributed by atoms with van der Waals surface area (Å²) in [5.41, 5.74) is 0.650. The summed E-state index contributed by atoms with van der Waals surface area (Å²) in [6.07, 6.45) is 1.03. The number of rotatable bonds is 7. The Balaban J connectivity index is 1.61. The summed E-state index contributed by atoms with van der Waals surface area (Å²) in [5, 5.41) is 0. The third-order valence-electron chi connectivity index (χ3n) is 5.31. The summed E-state index contributed by atoms with van der Waals surface area (Å²) >= 11 is 0. The number of methoxy groups -OCH3 is 2. The summed E-state index contributed by atoms with van der Waals surface area (Å²) in [4.78, 5) is 19.1. The number of benzene rings is 2. The van der Waals surface area contributed by atoms with Gasteiger partial charge in [-0.3, -0.25) is 4.79 Å². The van der Waals surface area contributed by atoms with Crippen LogP contribution in [0.3, 0.4) is 0 Å². The van der Waals surface area contributed by atoms with Crippen LogP contribution in [0.5, 0.6) is 23.1 Å². The minimum Gasteiger partial charge on any atom is -0.496 e. The number of carbonyl (C=O) groups excluding carboxylic acids is 1. The number of amides is 1. The van der Waals surface area contributed by atoms with Crippen LogP contribution < -0.4 is 14.2 Å². The standard InChI is InChI=1S/C25H26N2O5/c1-25(2)24(28)27(23(32-25)22-19(29-3)8-7-9-20(22)30-4)16-17-11-13-18(14-12-17)31-21-10-5-6-15-26-21/h5-15,23H,16H2,1-4H3. The first kappa shape index (κ1) is 21.6. The Kier molecular flexibility index (Phi) is 6.01. The summed E-state index contributed by atoms with van der Waals surface area (Å²) in [7, 11) is 3.18. The molecule has 1 amide bonds. The molecule has 1 aliphatic rings. The van der Waals surface area contributed by atoms with Crippen LogP contribution in [0.1, 0.15) is 31.2 Å². The van der Waals surface area contributed by atoms with Crippen LogP contribution in [0.2, 0.25) is 0 Å². The fourth-order valence-electron chi connectivity index (χ4n) is 3.73. The number of aromatic nitrogens is 1. The molecule has 7 heteroatoms. The van der Waals surface area contributed by atoms with Gasteiger partial charge in [-0.05, 0) is 49.7 Å². The van der Waals surface area contributed by atoms with Crippen LogP contribution in [-0.2, 0) is 16.1 Å². The Bertz CT molecular complexity index is 1060. The Morgan fingerprint density at radius 1 is 0.969 bits per heavy atom. The second-order valence-corrected chi connectivity index (χ2v) is 7.90. The lowest BCUT2D eigenvalue weighted by atomic mass is 10.1. The molecule has 1 aromatic heterocycles. The van der Waals surface area contributed by atoms with Crippen LogP contribution in [0.25, 0.3) is 0 Å². The Hall–Kier alpha value is -3.58. The maximum absolute atomic E-state index is 13.2. The molecule has 1 aliphatic heterocycles. The Labute approximate surface area is 187 Å². The van der Waals surface area contributed by atoms with E-state index in [9.17, 15) is 4.79 Å². The minimum absolute atomic E-state index is 0.107. The van der Waals surface area contributed by atoms with Crippen LogP contribution in [0, 0.1) is 0 Å². The molecule has 166 valence electrons. The number of nitrogens with zero attached hydrogens (tertiary/aromatic N) is 2. The molecule has 2 aromatic carbocycles. The summed E-state index contributed by atoms with van der Waals surface area (Å²) in [6, 6.07) is 18.6. The molecule has 32 heavy (non-hydrogen) atoms. The highest BCUT2D eigenvalue weighted by atomic mass is 16.6. The average molecular weight is 434 g/mol. The molecule has 0 spiro atoms. The van der Waals surface area contributed by atoms with Gasteiger partial charge in [0.25, 0.3) is 5.91 Å². The van der Waals surface area contributed by atoms with Crippen molar-refractivity contribution >= 4 is 5.91 Å². The number of hydrogen-bond acceptors (Lipinski definition) is 6. The molecule has 0 radical (unpaired) electrons. The average Bonchev–Trinajstić information content (AvgIpc) is 3.03. The van der Waals surface area contributed by atoms with E-state index in [1.165, 1.54) is 0 Å². The van der Waals surface area contributed by atoms with E-state index in [1.807, 2.05) is 54.6 Å². The van der Waals surface area contributed by atoms with Gasteiger partial charge < -0.3 is 23.8 Å². The molecule has 0 saturated carbocycles. The molecule has 0 N–H and O–H groups in total. The van der Waals surface area contributed by atoms with E-state index in [-0.39, 0.29) is 5.91 Å². The van der Waals surface area contributed by atoms with Crippen molar-refractivity contribution in [3.63, 3.8) is 0 Å². The van der Waals surface area contributed by atoms with Gasteiger partial charge in [0.15, 0.2) is 6.23 Å². The van der Waals surface area contributed by atoms with Gasteiger partial charge in [-0.25, -0.2) is 4.98 Å². The predicted octanol–water partition coefficient (Wildman–Crippen LogP) is 4.73. The lowest BCUT2D eigenvalue weighted by molar-refractivity contribution is -0.134. The fourth-order valence-corrected chi connectivity index (χ4v) is 3.73. The smallest absolute Gasteiger partial charge is 0.256 e. The second-order valence-electron chi connectivity index (χ2n) is 7.90. The number of ether oxygens (including phenoxy) is 4. The SMILES string of the molecule is COc1cccc(OC)c1C1OC(C)(C)C(=O)N1Cc1ccc(Oc2ccccn2)cc1. The van der Waals surface area contributed by atoms with E-state index in [0.717, 1.165) is 5.56 Å². The van der Waals surface area contributed by atoms with Gasteiger partial charge in [0.2, 0.25) is 5.88 Å². The highest BCUT2D eigenvalue weighted by Crippen LogP contribution is 2.45. The van der Waals surface area contributed by atoms with Crippen molar-refractivity contribution in [2.45, 2.75) is 32.2 Å².